The van der Waals surface area contributed by atoms with Gasteiger partial charge in [0.1, 0.15) is 11.4 Å². The van der Waals surface area contributed by atoms with Gasteiger partial charge >= 0.3 is 6.03 Å². The van der Waals surface area contributed by atoms with Crippen LogP contribution in [0.1, 0.15) is 12.0 Å². The van der Waals surface area contributed by atoms with E-state index in [0.29, 0.717) is 18.7 Å². The normalized spacial score (nSPS) is 15.7. The Labute approximate surface area is 167 Å². The standard InChI is InChI=1S/C16H17Br2N5O3/c1-26-13-10(17)7-9(8-11(13)18)4-6-23-14(24)12(22-16(23)25)3-2-5-21-15(19)20/h3-4,6-8H,2,5H2,1H3,(H,22,25)(H4,19,20,21)/b6-4+,12-3-. The van der Waals surface area contributed by atoms with Crippen LogP contribution >= 0.6 is 31.9 Å². The van der Waals surface area contributed by atoms with Crippen molar-refractivity contribution in [3.05, 3.63) is 44.6 Å². The van der Waals surface area contributed by atoms with Gasteiger partial charge in [0.05, 0.1) is 16.1 Å². The summed E-state index contributed by atoms with van der Waals surface area (Å²) in [6.07, 6.45) is 5.07. The van der Waals surface area contributed by atoms with E-state index in [2.05, 4.69) is 42.2 Å². The van der Waals surface area contributed by atoms with Crippen LogP contribution < -0.4 is 21.5 Å². The molecule has 5 N–H and O–H groups in total. The molecule has 0 saturated carbocycles. The van der Waals surface area contributed by atoms with Crippen LogP contribution in [-0.4, -0.2) is 36.5 Å². The number of benzene rings is 1. The molecule has 3 amide bonds. The Kier molecular flexibility index (Phi) is 6.81. The number of halogens is 2. The van der Waals surface area contributed by atoms with Crippen LogP contribution in [0.15, 0.2) is 44.0 Å². The first-order valence-electron chi connectivity index (χ1n) is 7.44. The zero-order valence-electron chi connectivity index (χ0n) is 13.8. The van der Waals surface area contributed by atoms with E-state index in [9.17, 15) is 9.59 Å². The lowest BCUT2D eigenvalue weighted by atomic mass is 10.2. The highest BCUT2D eigenvalue weighted by Gasteiger charge is 2.31. The van der Waals surface area contributed by atoms with Crippen LogP contribution in [-0.2, 0) is 4.79 Å². The van der Waals surface area contributed by atoms with Gasteiger partial charge in [0.25, 0.3) is 5.91 Å². The molecule has 8 nitrogen and oxygen atoms in total. The van der Waals surface area contributed by atoms with Gasteiger partial charge < -0.3 is 21.5 Å². The van der Waals surface area contributed by atoms with Crippen molar-refractivity contribution in [3.8, 4) is 5.75 Å². The summed E-state index contributed by atoms with van der Waals surface area (Å²) in [6.45, 7) is 0.332. The van der Waals surface area contributed by atoms with Crippen LogP contribution in [0.25, 0.3) is 6.08 Å². The van der Waals surface area contributed by atoms with E-state index in [1.165, 1.54) is 6.20 Å². The van der Waals surface area contributed by atoms with E-state index in [1.807, 2.05) is 12.1 Å². The number of nitrogens with zero attached hydrogens (tertiary/aromatic N) is 2. The summed E-state index contributed by atoms with van der Waals surface area (Å²) in [5.74, 6) is 0.192. The maximum atomic E-state index is 12.3. The fraction of sp³-hybridized carbons (Fsp3) is 0.188. The zero-order chi connectivity index (χ0) is 19.3. The molecule has 26 heavy (non-hydrogen) atoms. The van der Waals surface area contributed by atoms with Crippen molar-refractivity contribution < 1.29 is 14.3 Å². The number of imide groups is 1. The number of urea groups is 1. The van der Waals surface area contributed by atoms with E-state index in [1.54, 1.807) is 19.3 Å². The predicted molar refractivity (Wildman–Crippen MR) is 106 cm³/mol. The van der Waals surface area contributed by atoms with Crippen molar-refractivity contribution in [1.29, 1.82) is 0 Å². The SMILES string of the molecule is COc1c(Br)cc(/C=C/N2C(=O)N/C(=C\CCN=C(N)N)C2=O)cc1Br. The molecule has 2 rings (SSSR count). The predicted octanol–water partition coefficient (Wildman–Crippen LogP) is 2.29. The van der Waals surface area contributed by atoms with E-state index in [0.717, 1.165) is 19.4 Å². The second kappa shape index (κ2) is 8.86. The molecular formula is C16H17Br2N5O3. The molecule has 0 aromatic heterocycles. The monoisotopic (exact) mass is 485 g/mol. The Morgan fingerprint density at radius 1 is 1.31 bits per heavy atom. The van der Waals surface area contributed by atoms with Crippen molar-refractivity contribution in [1.82, 2.24) is 10.2 Å². The summed E-state index contributed by atoms with van der Waals surface area (Å²) < 4.78 is 6.72. The lowest BCUT2D eigenvalue weighted by molar-refractivity contribution is -0.121. The quantitative estimate of drug-likeness (QED) is 0.187. The zero-order valence-corrected chi connectivity index (χ0v) is 17.0. The number of nitrogens with two attached hydrogens (primary N) is 2. The van der Waals surface area contributed by atoms with Crippen molar-refractivity contribution in [2.75, 3.05) is 13.7 Å². The van der Waals surface area contributed by atoms with E-state index in [-0.39, 0.29) is 11.7 Å². The maximum absolute atomic E-state index is 12.3. The molecule has 0 radical (unpaired) electrons. The van der Waals surface area contributed by atoms with E-state index in [4.69, 9.17) is 16.2 Å². The minimum atomic E-state index is -0.522. The summed E-state index contributed by atoms with van der Waals surface area (Å²) in [6, 6.07) is 3.10. The van der Waals surface area contributed by atoms with Gasteiger partial charge in [-0.05, 0) is 62.1 Å². The number of ether oxygens (including phenoxy) is 1. The van der Waals surface area contributed by atoms with Gasteiger partial charge in [-0.2, -0.15) is 0 Å². The second-order valence-corrected chi connectivity index (χ2v) is 6.86. The Morgan fingerprint density at radius 2 is 1.96 bits per heavy atom. The third kappa shape index (κ3) is 4.85. The third-order valence-electron chi connectivity index (χ3n) is 3.32. The molecule has 1 heterocycles. The average Bonchev–Trinajstić information content (AvgIpc) is 2.83. The van der Waals surface area contributed by atoms with Gasteiger partial charge in [0.2, 0.25) is 0 Å². The first-order valence-corrected chi connectivity index (χ1v) is 9.03. The summed E-state index contributed by atoms with van der Waals surface area (Å²) >= 11 is 6.81. The lowest BCUT2D eigenvalue weighted by Crippen LogP contribution is -2.25. The molecule has 0 spiro atoms. The van der Waals surface area contributed by atoms with Crippen LogP contribution in [0, 0.1) is 0 Å². The highest BCUT2D eigenvalue weighted by molar-refractivity contribution is 9.11. The van der Waals surface area contributed by atoms with Crippen molar-refractivity contribution >= 4 is 55.8 Å². The van der Waals surface area contributed by atoms with Crippen molar-refractivity contribution in [2.24, 2.45) is 16.5 Å². The number of rotatable bonds is 6. The van der Waals surface area contributed by atoms with E-state index < -0.39 is 11.9 Å². The molecule has 1 saturated heterocycles. The number of amides is 3. The molecule has 0 bridgehead atoms. The molecule has 0 unspecified atom stereocenters. The Bertz CT molecular complexity index is 793. The number of guanidine groups is 1. The molecule has 0 aliphatic carbocycles. The van der Waals surface area contributed by atoms with Crippen LogP contribution in [0.4, 0.5) is 4.79 Å². The summed E-state index contributed by atoms with van der Waals surface area (Å²) in [4.78, 5) is 29.1. The number of carbonyl (C=O) groups excluding carboxylic acids is 2. The summed E-state index contributed by atoms with van der Waals surface area (Å²) in [7, 11) is 1.56. The molecule has 1 aromatic rings. The smallest absolute Gasteiger partial charge is 0.333 e. The molecule has 1 aliphatic rings. The fourth-order valence-corrected chi connectivity index (χ4v) is 3.70. The first-order chi connectivity index (χ1) is 12.3. The lowest BCUT2D eigenvalue weighted by Gasteiger charge is -2.08. The summed E-state index contributed by atoms with van der Waals surface area (Å²) in [5.41, 5.74) is 11.4. The number of nitrogens with one attached hydrogen (secondary N) is 1. The van der Waals surface area contributed by atoms with Gasteiger partial charge in [-0.25, -0.2) is 9.69 Å². The van der Waals surface area contributed by atoms with Crippen molar-refractivity contribution in [2.45, 2.75) is 6.42 Å². The van der Waals surface area contributed by atoms with Gasteiger partial charge in [-0.1, -0.05) is 6.08 Å². The minimum Gasteiger partial charge on any atom is -0.494 e. The van der Waals surface area contributed by atoms with Gasteiger partial charge in [0, 0.05) is 12.7 Å². The maximum Gasteiger partial charge on any atom is 0.333 e. The number of aliphatic imine (C=N–C) groups is 1. The van der Waals surface area contributed by atoms with Gasteiger partial charge in [-0.3, -0.25) is 9.79 Å². The molecule has 1 aliphatic heterocycles. The van der Waals surface area contributed by atoms with Crippen LogP contribution in [0.2, 0.25) is 0 Å². The molecule has 1 aromatic carbocycles. The Hall–Kier alpha value is -2.33. The number of hydrogen-bond acceptors (Lipinski definition) is 4. The highest BCUT2D eigenvalue weighted by atomic mass is 79.9. The van der Waals surface area contributed by atoms with Crippen molar-refractivity contribution in [3.63, 3.8) is 0 Å². The number of carbonyl (C=O) groups is 2. The summed E-state index contributed by atoms with van der Waals surface area (Å²) in [5, 5.41) is 2.52. The largest absolute Gasteiger partial charge is 0.494 e. The highest BCUT2D eigenvalue weighted by Crippen LogP contribution is 2.34. The molecule has 138 valence electrons. The topological polar surface area (TPSA) is 123 Å². The molecule has 10 heteroatoms. The van der Waals surface area contributed by atoms with Gasteiger partial charge in [-0.15, -0.1) is 0 Å². The third-order valence-corrected chi connectivity index (χ3v) is 4.50. The number of hydrogen-bond donors (Lipinski definition) is 3. The van der Waals surface area contributed by atoms with Crippen LogP contribution in [0.5, 0.6) is 5.75 Å². The minimum absolute atomic E-state index is 0.0217. The van der Waals surface area contributed by atoms with Crippen LogP contribution in [0.3, 0.4) is 0 Å². The Morgan fingerprint density at radius 3 is 2.54 bits per heavy atom. The van der Waals surface area contributed by atoms with Gasteiger partial charge in [0.15, 0.2) is 5.96 Å². The number of methoxy groups -OCH3 is 1. The average molecular weight is 487 g/mol. The molecule has 1 fully saturated rings. The molecular weight excluding hydrogens is 470 g/mol. The Balaban J connectivity index is 2.11. The first kappa shape index (κ1) is 20.0. The van der Waals surface area contributed by atoms with E-state index >= 15 is 0 Å². The fourth-order valence-electron chi connectivity index (χ4n) is 2.16. The second-order valence-electron chi connectivity index (χ2n) is 5.15. The molecule has 0 atom stereocenters.